The molecular weight excluding hydrogens is 412 g/mol. The highest BCUT2D eigenvalue weighted by Crippen LogP contribution is 2.21. The molecule has 0 aliphatic rings. The van der Waals surface area contributed by atoms with Crippen LogP contribution < -0.4 is 9.47 Å². The highest BCUT2D eigenvalue weighted by Gasteiger charge is 2.12. The molecule has 5 heteroatoms. The molecule has 0 saturated heterocycles. The molecule has 3 aromatic rings. The molecule has 1 heterocycles. The summed E-state index contributed by atoms with van der Waals surface area (Å²) in [6.07, 6.45) is 12.4. The van der Waals surface area contributed by atoms with Crippen LogP contribution in [-0.4, -0.2) is 22.5 Å². The molecule has 174 valence electrons. The Kier molecular flexibility index (Phi) is 9.89. The Morgan fingerprint density at radius 3 is 2.12 bits per heavy atom. The second-order valence-corrected chi connectivity index (χ2v) is 8.21. The Labute approximate surface area is 197 Å². The molecule has 0 fully saturated rings. The third-order valence-corrected chi connectivity index (χ3v) is 5.48. The molecule has 0 atom stereocenters. The molecule has 0 aliphatic carbocycles. The molecule has 0 aliphatic heterocycles. The van der Waals surface area contributed by atoms with E-state index in [1.54, 1.807) is 6.20 Å². The van der Waals surface area contributed by atoms with Gasteiger partial charge in [-0.1, -0.05) is 58.1 Å². The number of aryl methyl sites for hydroxylation is 1. The van der Waals surface area contributed by atoms with Gasteiger partial charge in [0.05, 0.1) is 24.7 Å². The van der Waals surface area contributed by atoms with E-state index in [1.807, 2.05) is 48.5 Å². The number of carbonyl (C=O) groups excluding carboxylic acids is 1. The first-order valence-corrected chi connectivity index (χ1v) is 12.1. The number of unbranched alkanes of at least 4 members (excludes halogenated alkanes) is 5. The Hall–Kier alpha value is -3.21. The number of carbonyl (C=O) groups is 1. The van der Waals surface area contributed by atoms with Gasteiger partial charge in [-0.15, -0.1) is 0 Å². The van der Waals surface area contributed by atoms with E-state index in [9.17, 15) is 4.79 Å². The van der Waals surface area contributed by atoms with E-state index in [1.165, 1.54) is 50.3 Å². The highest BCUT2D eigenvalue weighted by atomic mass is 16.5. The third-order valence-electron chi connectivity index (χ3n) is 5.48. The molecule has 0 saturated carbocycles. The molecule has 2 aromatic carbocycles. The van der Waals surface area contributed by atoms with Gasteiger partial charge in [-0.3, -0.25) is 4.98 Å². The molecule has 3 rings (SSSR count). The van der Waals surface area contributed by atoms with Crippen LogP contribution in [0.25, 0.3) is 11.3 Å². The van der Waals surface area contributed by atoms with Gasteiger partial charge in [0.2, 0.25) is 0 Å². The first-order chi connectivity index (χ1) is 16.2. The second-order valence-electron chi connectivity index (χ2n) is 8.21. The molecule has 0 amide bonds. The van der Waals surface area contributed by atoms with Crippen LogP contribution in [0.2, 0.25) is 0 Å². The lowest BCUT2D eigenvalue weighted by Gasteiger charge is -2.08. The quantitative estimate of drug-likeness (QED) is 0.160. The average molecular weight is 447 g/mol. The topological polar surface area (TPSA) is 61.3 Å². The maximum absolute atomic E-state index is 12.4. The van der Waals surface area contributed by atoms with Gasteiger partial charge in [-0.25, -0.2) is 9.78 Å². The SMILES string of the molecule is CCCCCCOc1ccc(-c2cnc(C(=O)Oc3ccc(CCCCC)cc3)cn2)cc1. The number of nitrogens with zero attached hydrogens (tertiary/aromatic N) is 2. The summed E-state index contributed by atoms with van der Waals surface area (Å²) in [7, 11) is 0. The zero-order valence-electron chi connectivity index (χ0n) is 19.8. The van der Waals surface area contributed by atoms with Crippen LogP contribution in [0, 0.1) is 0 Å². The predicted molar refractivity (Wildman–Crippen MR) is 132 cm³/mol. The van der Waals surface area contributed by atoms with Crippen molar-refractivity contribution in [3.05, 3.63) is 72.2 Å². The number of benzene rings is 2. The van der Waals surface area contributed by atoms with Crippen molar-refractivity contribution >= 4 is 5.97 Å². The zero-order chi connectivity index (χ0) is 23.3. The van der Waals surface area contributed by atoms with E-state index in [0.29, 0.717) is 11.4 Å². The maximum Gasteiger partial charge on any atom is 0.363 e. The van der Waals surface area contributed by atoms with Gasteiger partial charge in [0, 0.05) is 5.56 Å². The molecule has 33 heavy (non-hydrogen) atoms. The minimum Gasteiger partial charge on any atom is -0.494 e. The monoisotopic (exact) mass is 446 g/mol. The van der Waals surface area contributed by atoms with E-state index >= 15 is 0 Å². The lowest BCUT2D eigenvalue weighted by atomic mass is 10.1. The number of hydrogen-bond donors (Lipinski definition) is 0. The van der Waals surface area contributed by atoms with Crippen molar-refractivity contribution in [2.24, 2.45) is 0 Å². The van der Waals surface area contributed by atoms with Gasteiger partial charge in [-0.05, 0) is 61.2 Å². The average Bonchev–Trinajstić information content (AvgIpc) is 2.86. The Balaban J connectivity index is 1.51. The summed E-state index contributed by atoms with van der Waals surface area (Å²) in [6, 6.07) is 15.4. The van der Waals surface area contributed by atoms with Crippen LogP contribution >= 0.6 is 0 Å². The van der Waals surface area contributed by atoms with Crippen molar-refractivity contribution in [1.82, 2.24) is 9.97 Å². The molecule has 0 spiro atoms. The van der Waals surface area contributed by atoms with Crippen molar-refractivity contribution in [2.45, 2.75) is 65.2 Å². The first kappa shape index (κ1) is 24.4. The van der Waals surface area contributed by atoms with Crippen LogP contribution in [0.4, 0.5) is 0 Å². The smallest absolute Gasteiger partial charge is 0.363 e. The molecule has 1 aromatic heterocycles. The third kappa shape index (κ3) is 8.01. The fourth-order valence-electron chi connectivity index (χ4n) is 3.49. The Bertz CT molecular complexity index is 968. The van der Waals surface area contributed by atoms with E-state index < -0.39 is 5.97 Å². The number of aromatic nitrogens is 2. The summed E-state index contributed by atoms with van der Waals surface area (Å²) in [5, 5.41) is 0. The van der Waals surface area contributed by atoms with Gasteiger partial charge in [-0.2, -0.15) is 0 Å². The van der Waals surface area contributed by atoms with Crippen LogP contribution in [0.3, 0.4) is 0 Å². The van der Waals surface area contributed by atoms with Crippen molar-refractivity contribution in [3.63, 3.8) is 0 Å². The van der Waals surface area contributed by atoms with Gasteiger partial charge in [0.25, 0.3) is 0 Å². The zero-order valence-corrected chi connectivity index (χ0v) is 19.8. The number of hydrogen-bond acceptors (Lipinski definition) is 5. The Morgan fingerprint density at radius 1 is 0.758 bits per heavy atom. The summed E-state index contributed by atoms with van der Waals surface area (Å²) >= 11 is 0. The fourth-order valence-corrected chi connectivity index (χ4v) is 3.49. The predicted octanol–water partition coefficient (Wildman–Crippen LogP) is 7.05. The van der Waals surface area contributed by atoms with Crippen LogP contribution in [0.15, 0.2) is 60.9 Å². The largest absolute Gasteiger partial charge is 0.494 e. The summed E-state index contributed by atoms with van der Waals surface area (Å²) in [5.74, 6) is 0.842. The van der Waals surface area contributed by atoms with Crippen LogP contribution in [0.5, 0.6) is 11.5 Å². The molecule has 0 N–H and O–H groups in total. The number of ether oxygens (including phenoxy) is 2. The first-order valence-electron chi connectivity index (χ1n) is 12.1. The van der Waals surface area contributed by atoms with Gasteiger partial charge in [0.15, 0.2) is 5.69 Å². The molecule has 0 bridgehead atoms. The van der Waals surface area contributed by atoms with Crippen molar-refractivity contribution in [1.29, 1.82) is 0 Å². The minimum atomic E-state index is -0.514. The van der Waals surface area contributed by atoms with Gasteiger partial charge < -0.3 is 9.47 Å². The fraction of sp³-hybridized carbons (Fsp3) is 0.393. The highest BCUT2D eigenvalue weighted by molar-refractivity contribution is 5.88. The van der Waals surface area contributed by atoms with Gasteiger partial charge in [0.1, 0.15) is 11.5 Å². The Morgan fingerprint density at radius 2 is 1.45 bits per heavy atom. The van der Waals surface area contributed by atoms with Crippen LogP contribution in [-0.2, 0) is 6.42 Å². The normalized spacial score (nSPS) is 10.7. The standard InChI is InChI=1S/C28H34N2O3/c1-3-5-7-9-19-32-24-17-13-23(14-18-24)26-20-30-27(21-29-26)28(31)33-25-15-11-22(12-16-25)10-8-6-4-2/h11-18,20-21H,3-10,19H2,1-2H3. The van der Waals surface area contributed by atoms with Crippen molar-refractivity contribution in [3.8, 4) is 22.8 Å². The number of rotatable bonds is 13. The maximum atomic E-state index is 12.4. The molecule has 0 unspecified atom stereocenters. The molecule has 5 nitrogen and oxygen atoms in total. The molecular formula is C28H34N2O3. The summed E-state index contributed by atoms with van der Waals surface area (Å²) in [5.41, 5.74) is 3.04. The van der Waals surface area contributed by atoms with E-state index in [4.69, 9.17) is 9.47 Å². The van der Waals surface area contributed by atoms with Crippen molar-refractivity contribution < 1.29 is 14.3 Å². The number of esters is 1. The minimum absolute atomic E-state index is 0.179. The van der Waals surface area contributed by atoms with Crippen molar-refractivity contribution in [2.75, 3.05) is 6.61 Å². The summed E-state index contributed by atoms with van der Waals surface area (Å²) in [4.78, 5) is 21.1. The summed E-state index contributed by atoms with van der Waals surface area (Å²) in [6.45, 7) is 5.13. The lowest BCUT2D eigenvalue weighted by Crippen LogP contribution is -2.11. The summed E-state index contributed by atoms with van der Waals surface area (Å²) < 4.78 is 11.2. The van der Waals surface area contributed by atoms with Crippen LogP contribution in [0.1, 0.15) is 74.8 Å². The molecule has 0 radical (unpaired) electrons. The lowest BCUT2D eigenvalue weighted by molar-refractivity contribution is 0.0728. The van der Waals surface area contributed by atoms with Gasteiger partial charge >= 0.3 is 5.97 Å². The van der Waals surface area contributed by atoms with E-state index in [0.717, 1.165) is 30.8 Å². The van der Waals surface area contributed by atoms with E-state index in [-0.39, 0.29) is 5.69 Å². The van der Waals surface area contributed by atoms with E-state index in [2.05, 4.69) is 23.8 Å². The second kappa shape index (κ2) is 13.4.